The average molecular weight is 201 g/mol. The fraction of sp³-hybridized carbons (Fsp3) is 0.625. The Morgan fingerprint density at radius 1 is 1.62 bits per heavy atom. The van der Waals surface area contributed by atoms with E-state index >= 15 is 0 Å². The van der Waals surface area contributed by atoms with Crippen LogP contribution in [0.25, 0.3) is 0 Å². The molecule has 0 radical (unpaired) electrons. The monoisotopic (exact) mass is 201 g/mol. The van der Waals surface area contributed by atoms with Gasteiger partial charge in [0.25, 0.3) is 0 Å². The van der Waals surface area contributed by atoms with Gasteiger partial charge in [-0.15, -0.1) is 0 Å². The third kappa shape index (κ3) is 1.85. The van der Waals surface area contributed by atoms with Crippen molar-refractivity contribution in [2.45, 2.75) is 19.4 Å². The van der Waals surface area contributed by atoms with E-state index in [0.29, 0.717) is 17.8 Å². The van der Waals surface area contributed by atoms with Gasteiger partial charge in [0.05, 0.1) is 7.11 Å². The first kappa shape index (κ1) is 10.1. The second-order valence-electron chi connectivity index (χ2n) is 2.85. The van der Waals surface area contributed by atoms with Gasteiger partial charge in [-0.3, -0.25) is 4.79 Å². The van der Waals surface area contributed by atoms with E-state index in [-0.39, 0.29) is 5.91 Å². The lowest BCUT2D eigenvalue weighted by Crippen LogP contribution is -2.42. The largest absolute Gasteiger partial charge is 0.467 e. The predicted molar refractivity (Wildman–Crippen MR) is 50.4 cm³/mol. The molecule has 0 aromatic heterocycles. The van der Waals surface area contributed by atoms with Crippen molar-refractivity contribution in [2.75, 3.05) is 13.7 Å². The van der Waals surface area contributed by atoms with E-state index in [1.54, 1.807) is 0 Å². The number of rotatable bonds is 1. The number of ether oxygens (including phenoxy) is 1. The van der Waals surface area contributed by atoms with E-state index in [9.17, 15) is 9.59 Å². The fourth-order valence-electron chi connectivity index (χ4n) is 1.38. The highest BCUT2D eigenvalue weighted by molar-refractivity contribution is 7.80. The highest BCUT2D eigenvalue weighted by Gasteiger charge is 2.37. The summed E-state index contributed by atoms with van der Waals surface area (Å²) in [5.41, 5.74) is 0. The minimum absolute atomic E-state index is 0.143. The third-order valence-electron chi connectivity index (χ3n) is 2.04. The van der Waals surface area contributed by atoms with Gasteiger partial charge in [0.1, 0.15) is 0 Å². The van der Waals surface area contributed by atoms with Crippen molar-refractivity contribution in [1.29, 1.82) is 0 Å². The topological polar surface area (TPSA) is 46.6 Å². The Bertz CT molecular complexity index is 264. The molecular weight excluding hydrogens is 190 g/mol. The molecule has 13 heavy (non-hydrogen) atoms. The number of carbonyl (C=O) groups excluding carboxylic acids is 2. The van der Waals surface area contributed by atoms with Gasteiger partial charge in [-0.05, 0) is 6.42 Å². The lowest BCUT2D eigenvalue weighted by molar-refractivity contribution is -0.148. The van der Waals surface area contributed by atoms with E-state index in [2.05, 4.69) is 4.74 Å². The summed E-state index contributed by atoms with van der Waals surface area (Å²) >= 11 is 4.98. The molecule has 0 aromatic rings. The van der Waals surface area contributed by atoms with E-state index < -0.39 is 12.0 Å². The third-order valence-corrected chi connectivity index (χ3v) is 2.47. The number of methoxy groups -OCH3 is 1. The van der Waals surface area contributed by atoms with E-state index in [1.165, 1.54) is 18.9 Å². The lowest BCUT2D eigenvalue weighted by atomic mass is 10.2. The number of likely N-dealkylation sites (tertiary alicyclic amines) is 1. The molecule has 0 N–H and O–H groups in total. The quantitative estimate of drug-likeness (QED) is 0.447. The minimum Gasteiger partial charge on any atom is -0.467 e. The number of carbonyl (C=O) groups is 2. The van der Waals surface area contributed by atoms with Gasteiger partial charge in [0.2, 0.25) is 5.91 Å². The molecule has 1 fully saturated rings. The van der Waals surface area contributed by atoms with Gasteiger partial charge < -0.3 is 9.64 Å². The van der Waals surface area contributed by atoms with E-state index in [4.69, 9.17) is 12.2 Å². The molecular formula is C8H11NO3S. The van der Waals surface area contributed by atoms with Crippen molar-refractivity contribution in [1.82, 2.24) is 4.90 Å². The van der Waals surface area contributed by atoms with Gasteiger partial charge in [-0.2, -0.15) is 0 Å². The molecule has 0 spiro atoms. The number of hydrogen-bond acceptors (Lipinski definition) is 4. The zero-order valence-corrected chi connectivity index (χ0v) is 8.39. The molecule has 0 aromatic carbocycles. The van der Waals surface area contributed by atoms with Gasteiger partial charge in [0.15, 0.2) is 6.04 Å². The molecule has 1 aliphatic heterocycles. The summed E-state index contributed by atoms with van der Waals surface area (Å²) in [5, 5.41) is 0. The summed E-state index contributed by atoms with van der Waals surface area (Å²) in [5.74, 6) is -0.590. The molecule has 0 saturated carbocycles. The van der Waals surface area contributed by atoms with E-state index in [1.807, 2.05) is 0 Å². The van der Waals surface area contributed by atoms with Crippen LogP contribution in [0.15, 0.2) is 0 Å². The highest BCUT2D eigenvalue weighted by atomic mass is 32.1. The average Bonchev–Trinajstić information content (AvgIpc) is 2.46. The predicted octanol–water partition coefficient (Wildman–Crippen LogP) is 0.150. The molecule has 0 unspecified atom stereocenters. The fourth-order valence-corrected chi connectivity index (χ4v) is 1.69. The Labute approximate surface area is 81.8 Å². The van der Waals surface area contributed by atoms with Crippen LogP contribution in [-0.4, -0.2) is 41.3 Å². The van der Waals surface area contributed by atoms with Crippen molar-refractivity contribution in [3.63, 3.8) is 0 Å². The number of esters is 1. The molecule has 4 nitrogen and oxygen atoms in total. The maximum atomic E-state index is 11.2. The summed E-state index contributed by atoms with van der Waals surface area (Å²) < 4.78 is 4.56. The normalized spacial score (nSPS) is 21.8. The van der Waals surface area contributed by atoms with Gasteiger partial charge in [0, 0.05) is 18.3 Å². The van der Waals surface area contributed by atoms with Crippen molar-refractivity contribution in [3.05, 3.63) is 0 Å². The van der Waals surface area contributed by atoms with E-state index in [0.717, 1.165) is 0 Å². The van der Waals surface area contributed by atoms with Gasteiger partial charge in [-0.1, -0.05) is 12.2 Å². The molecule has 1 rings (SSSR count). The second kappa shape index (κ2) is 3.83. The molecule has 1 aliphatic rings. The standard InChI is InChI=1S/C8H11NO3S/c1-5(10)9-4-3-6(13)7(9)8(11)12-2/h7H,3-4H2,1-2H3/t7-/m0/s1. The first-order valence-corrected chi connectivity index (χ1v) is 4.36. The molecule has 0 aliphatic carbocycles. The van der Waals surface area contributed by atoms with Crippen LogP contribution in [0.5, 0.6) is 0 Å². The maximum Gasteiger partial charge on any atom is 0.333 e. The van der Waals surface area contributed by atoms with Crippen LogP contribution in [0, 0.1) is 0 Å². The van der Waals surface area contributed by atoms with Crippen molar-refractivity contribution in [3.8, 4) is 0 Å². The van der Waals surface area contributed by atoms with Crippen LogP contribution < -0.4 is 0 Å². The van der Waals surface area contributed by atoms with Crippen LogP contribution in [0.3, 0.4) is 0 Å². The first-order valence-electron chi connectivity index (χ1n) is 3.95. The summed E-state index contributed by atoms with van der Waals surface area (Å²) in [4.78, 5) is 24.3. The number of nitrogens with zero attached hydrogens (tertiary/aromatic N) is 1. The molecule has 1 atom stereocenters. The van der Waals surface area contributed by atoms with Crippen LogP contribution in [0.1, 0.15) is 13.3 Å². The number of thiocarbonyl (C=S) groups is 1. The molecule has 1 amide bonds. The zero-order chi connectivity index (χ0) is 10.0. The Morgan fingerprint density at radius 2 is 2.23 bits per heavy atom. The van der Waals surface area contributed by atoms with Crippen LogP contribution in [0.4, 0.5) is 0 Å². The summed E-state index contributed by atoms with van der Waals surface area (Å²) in [6.07, 6.45) is 0.606. The highest BCUT2D eigenvalue weighted by Crippen LogP contribution is 2.16. The maximum absolute atomic E-state index is 11.2. The molecule has 5 heteroatoms. The van der Waals surface area contributed by atoms with Gasteiger partial charge in [-0.25, -0.2) is 4.79 Å². The molecule has 72 valence electrons. The van der Waals surface area contributed by atoms with Gasteiger partial charge >= 0.3 is 5.97 Å². The molecule has 1 heterocycles. The minimum atomic E-state index is -0.641. The van der Waals surface area contributed by atoms with Crippen molar-refractivity contribution >= 4 is 29.0 Å². The van der Waals surface area contributed by atoms with Crippen molar-refractivity contribution in [2.24, 2.45) is 0 Å². The van der Waals surface area contributed by atoms with Crippen LogP contribution >= 0.6 is 12.2 Å². The Kier molecular flexibility index (Phi) is 2.98. The Balaban J connectivity index is 2.83. The summed E-state index contributed by atoms with van der Waals surface area (Å²) in [6, 6.07) is -0.641. The SMILES string of the molecule is COC(=O)[C@@H]1C(=S)CCN1C(C)=O. The number of amides is 1. The lowest BCUT2D eigenvalue weighted by Gasteiger charge is -2.20. The number of hydrogen-bond donors (Lipinski definition) is 0. The molecule has 1 saturated heterocycles. The Hall–Kier alpha value is -0.970. The summed E-state index contributed by atoms with van der Waals surface area (Å²) in [7, 11) is 1.29. The van der Waals surface area contributed by atoms with Crippen LogP contribution in [0.2, 0.25) is 0 Å². The Morgan fingerprint density at radius 3 is 2.69 bits per heavy atom. The smallest absolute Gasteiger partial charge is 0.333 e. The van der Waals surface area contributed by atoms with Crippen molar-refractivity contribution < 1.29 is 14.3 Å². The molecule has 0 bridgehead atoms. The zero-order valence-electron chi connectivity index (χ0n) is 7.57. The second-order valence-corrected chi connectivity index (χ2v) is 3.38. The summed E-state index contributed by atoms with van der Waals surface area (Å²) in [6.45, 7) is 1.94. The first-order chi connectivity index (χ1) is 6.07. The van der Waals surface area contributed by atoms with Crippen LogP contribution in [-0.2, 0) is 14.3 Å².